The molecule has 0 aromatic heterocycles. The molecule has 3 aromatic carbocycles. The summed E-state index contributed by atoms with van der Waals surface area (Å²) in [7, 11) is 0. The summed E-state index contributed by atoms with van der Waals surface area (Å²) in [6, 6.07) is 29.7. The lowest BCUT2D eigenvalue weighted by Gasteiger charge is -2.26. The molecule has 0 nitrogen and oxygen atoms in total. The fraction of sp³-hybridized carbons (Fsp3) is 0.333. The van der Waals surface area contributed by atoms with Gasteiger partial charge in [-0.3, -0.25) is 0 Å². The second-order valence-electron chi connectivity index (χ2n) is 6.51. The van der Waals surface area contributed by atoms with E-state index < -0.39 is 0 Å². The smallest absolute Gasteiger partial charge is 0.0146 e. The van der Waals surface area contributed by atoms with Crippen molar-refractivity contribution in [1.29, 1.82) is 0 Å². The number of benzene rings is 3. The van der Waals surface area contributed by atoms with Gasteiger partial charge in [-0.1, -0.05) is 138 Å². The monoisotopic (exact) mass is 362 g/mol. The van der Waals surface area contributed by atoms with E-state index >= 15 is 0 Å². The van der Waals surface area contributed by atoms with Crippen molar-refractivity contribution in [3.8, 4) is 0 Å². The fourth-order valence-corrected chi connectivity index (χ4v) is 2.49. The van der Waals surface area contributed by atoms with Crippen molar-refractivity contribution in [1.82, 2.24) is 0 Å². The minimum atomic E-state index is 0.0708. The summed E-state index contributed by atoms with van der Waals surface area (Å²) in [5.74, 6) is 0. The Labute approximate surface area is 168 Å². The first-order chi connectivity index (χ1) is 13.0. The van der Waals surface area contributed by atoms with Crippen molar-refractivity contribution in [2.24, 2.45) is 0 Å². The maximum Gasteiger partial charge on any atom is 0.0146 e. The molecule has 0 amide bonds. The highest BCUT2D eigenvalue weighted by Gasteiger charge is 2.22. The second-order valence-corrected chi connectivity index (χ2v) is 6.51. The molecule has 3 aromatic rings. The van der Waals surface area contributed by atoms with Crippen LogP contribution in [0.4, 0.5) is 0 Å². The molecule has 0 heteroatoms. The Morgan fingerprint density at radius 3 is 0.889 bits per heavy atom. The van der Waals surface area contributed by atoms with Crippen molar-refractivity contribution < 1.29 is 0 Å². The van der Waals surface area contributed by atoms with Crippen LogP contribution in [0.2, 0.25) is 0 Å². The third-order valence-corrected chi connectivity index (χ3v) is 4.21. The molecule has 0 radical (unpaired) electrons. The molecule has 0 aliphatic carbocycles. The van der Waals surface area contributed by atoms with Crippen LogP contribution in [0.5, 0.6) is 0 Å². The number of hydrogen-bond donors (Lipinski definition) is 0. The summed E-state index contributed by atoms with van der Waals surface area (Å²) in [5, 5.41) is 0. The number of aryl methyl sites for hydroxylation is 2. The van der Waals surface area contributed by atoms with Gasteiger partial charge in [0, 0.05) is 5.41 Å². The minimum Gasteiger partial charge on any atom is -0.0683 e. The molecule has 0 saturated carbocycles. The van der Waals surface area contributed by atoms with Crippen molar-refractivity contribution in [3.05, 3.63) is 107 Å². The third kappa shape index (κ3) is 8.73. The van der Waals surface area contributed by atoms with Gasteiger partial charge in [0.2, 0.25) is 0 Å². The second kappa shape index (κ2) is 13.8. The molecule has 0 N–H and O–H groups in total. The quantitative estimate of drug-likeness (QED) is 0.429. The van der Waals surface area contributed by atoms with E-state index in [0.29, 0.717) is 0 Å². The lowest BCUT2D eigenvalue weighted by Crippen LogP contribution is -2.18. The zero-order valence-corrected chi connectivity index (χ0v) is 18.6. The third-order valence-electron chi connectivity index (χ3n) is 4.21. The first-order valence-corrected chi connectivity index (χ1v) is 10.1. The summed E-state index contributed by atoms with van der Waals surface area (Å²) in [6.07, 6.45) is 0. The molecule has 0 spiro atoms. The van der Waals surface area contributed by atoms with Crippen LogP contribution in [0, 0.1) is 13.8 Å². The molecule has 0 bridgehead atoms. The molecule has 0 aliphatic heterocycles. The van der Waals surface area contributed by atoms with Gasteiger partial charge in [-0.05, 0) is 25.0 Å². The molecule has 0 unspecified atom stereocenters. The topological polar surface area (TPSA) is 0 Å². The van der Waals surface area contributed by atoms with Crippen molar-refractivity contribution in [3.63, 3.8) is 0 Å². The molecule has 27 heavy (non-hydrogen) atoms. The van der Waals surface area contributed by atoms with Gasteiger partial charge in [0.05, 0.1) is 0 Å². The first kappa shape index (κ1) is 24.7. The molecule has 3 rings (SSSR count). The normalized spacial score (nSPS) is 9.48. The SMILES string of the molecule is CC.CC.Cc1ccc(C(C)(C)c2ccc(C)cc2)cc1.c1ccccc1. The van der Waals surface area contributed by atoms with Gasteiger partial charge >= 0.3 is 0 Å². The Balaban J connectivity index is 0.000000563. The summed E-state index contributed by atoms with van der Waals surface area (Å²) in [5.41, 5.74) is 5.43. The van der Waals surface area contributed by atoms with Gasteiger partial charge in [0.25, 0.3) is 0 Å². The van der Waals surface area contributed by atoms with Gasteiger partial charge in [0.15, 0.2) is 0 Å². The Morgan fingerprint density at radius 2 is 0.667 bits per heavy atom. The number of rotatable bonds is 2. The van der Waals surface area contributed by atoms with Gasteiger partial charge in [-0.2, -0.15) is 0 Å². The summed E-state index contributed by atoms with van der Waals surface area (Å²) >= 11 is 0. The van der Waals surface area contributed by atoms with Gasteiger partial charge < -0.3 is 0 Å². The Morgan fingerprint density at radius 1 is 0.444 bits per heavy atom. The molecule has 0 fully saturated rings. The highest BCUT2D eigenvalue weighted by molar-refractivity contribution is 5.39. The lowest BCUT2D eigenvalue weighted by molar-refractivity contribution is 0.640. The van der Waals surface area contributed by atoms with E-state index in [2.05, 4.69) is 76.2 Å². The van der Waals surface area contributed by atoms with Crippen LogP contribution in [0.15, 0.2) is 84.9 Å². The van der Waals surface area contributed by atoms with E-state index in [1.54, 1.807) is 0 Å². The van der Waals surface area contributed by atoms with E-state index in [0.717, 1.165) is 0 Å². The average Bonchev–Trinajstić information content (AvgIpc) is 2.73. The minimum absolute atomic E-state index is 0.0708. The molecule has 0 heterocycles. The predicted octanol–water partition coefficient (Wildman–Crippen LogP) is 8.37. The Bertz CT molecular complexity index is 615. The maximum atomic E-state index is 2.28. The van der Waals surface area contributed by atoms with Crippen LogP contribution in [0.25, 0.3) is 0 Å². The molecule has 0 atom stereocenters. The number of hydrogen-bond acceptors (Lipinski definition) is 0. The van der Waals surface area contributed by atoms with E-state index in [1.165, 1.54) is 22.3 Å². The van der Waals surface area contributed by atoms with Crippen LogP contribution >= 0.6 is 0 Å². The zero-order valence-electron chi connectivity index (χ0n) is 18.6. The predicted molar refractivity (Wildman–Crippen MR) is 124 cm³/mol. The van der Waals surface area contributed by atoms with E-state index in [-0.39, 0.29) is 5.41 Å². The van der Waals surface area contributed by atoms with Crippen LogP contribution in [-0.2, 0) is 5.41 Å². The summed E-state index contributed by atoms with van der Waals surface area (Å²) in [6.45, 7) is 16.8. The molecule has 0 aliphatic rings. The van der Waals surface area contributed by atoms with Crippen molar-refractivity contribution in [2.75, 3.05) is 0 Å². The van der Waals surface area contributed by atoms with Crippen molar-refractivity contribution in [2.45, 2.75) is 60.8 Å². The van der Waals surface area contributed by atoms with E-state index in [4.69, 9.17) is 0 Å². The van der Waals surface area contributed by atoms with Crippen LogP contribution in [0.1, 0.15) is 63.8 Å². The van der Waals surface area contributed by atoms with E-state index in [9.17, 15) is 0 Å². The molecular weight excluding hydrogens is 324 g/mol. The molecule has 0 saturated heterocycles. The van der Waals surface area contributed by atoms with Gasteiger partial charge in [-0.25, -0.2) is 0 Å². The molecule has 146 valence electrons. The zero-order chi connectivity index (χ0) is 20.7. The first-order valence-electron chi connectivity index (χ1n) is 10.1. The van der Waals surface area contributed by atoms with Crippen LogP contribution in [0.3, 0.4) is 0 Å². The Hall–Kier alpha value is -2.34. The van der Waals surface area contributed by atoms with E-state index in [1.807, 2.05) is 64.1 Å². The summed E-state index contributed by atoms with van der Waals surface area (Å²) < 4.78 is 0. The standard InChI is InChI=1S/C17H20.C6H6.2C2H6/c1-13-5-9-15(10-6-13)17(3,4)16-11-7-14(2)8-12-16;1-2-4-6-5-3-1;2*1-2/h5-12H,1-4H3;1-6H;2*1-2H3. The van der Waals surface area contributed by atoms with Crippen LogP contribution < -0.4 is 0 Å². The lowest BCUT2D eigenvalue weighted by atomic mass is 9.78. The van der Waals surface area contributed by atoms with Crippen molar-refractivity contribution >= 4 is 0 Å². The molecular formula is C27H38. The highest BCUT2D eigenvalue weighted by atomic mass is 14.3. The summed E-state index contributed by atoms with van der Waals surface area (Å²) in [4.78, 5) is 0. The Kier molecular flexibility index (Phi) is 12.6. The average molecular weight is 363 g/mol. The van der Waals surface area contributed by atoms with Gasteiger partial charge in [-0.15, -0.1) is 0 Å². The van der Waals surface area contributed by atoms with Gasteiger partial charge in [0.1, 0.15) is 0 Å². The maximum absolute atomic E-state index is 2.28. The highest BCUT2D eigenvalue weighted by Crippen LogP contribution is 2.31. The largest absolute Gasteiger partial charge is 0.0683 e. The van der Waals surface area contributed by atoms with Crippen LogP contribution in [-0.4, -0.2) is 0 Å². The fourth-order valence-electron chi connectivity index (χ4n) is 2.49.